The maximum absolute atomic E-state index is 11.9. The summed E-state index contributed by atoms with van der Waals surface area (Å²) >= 11 is 1.44. The Hall–Kier alpha value is -0.940. The highest BCUT2D eigenvalue weighted by atomic mass is 32.1. The van der Waals surface area contributed by atoms with Gasteiger partial charge in [-0.05, 0) is 12.3 Å². The number of aromatic nitrogens is 1. The number of nitrogens with zero attached hydrogens (tertiary/aromatic N) is 2. The molecule has 2 atom stereocenters. The van der Waals surface area contributed by atoms with Gasteiger partial charge in [0.25, 0.3) is 5.91 Å². The molecule has 2 N–H and O–H groups in total. The van der Waals surface area contributed by atoms with Gasteiger partial charge in [0, 0.05) is 24.5 Å². The summed E-state index contributed by atoms with van der Waals surface area (Å²) in [5, 5.41) is 1.78. The van der Waals surface area contributed by atoms with Crippen LogP contribution >= 0.6 is 11.3 Å². The van der Waals surface area contributed by atoms with Crippen molar-refractivity contribution in [2.45, 2.75) is 19.4 Å². The molecule has 0 aromatic carbocycles. The van der Waals surface area contributed by atoms with Crippen LogP contribution in [-0.2, 0) is 0 Å². The molecule has 0 saturated carbocycles. The Bertz CT molecular complexity index is 338. The van der Waals surface area contributed by atoms with Crippen LogP contribution in [0.5, 0.6) is 0 Å². The molecule has 1 saturated heterocycles. The second kappa shape index (κ2) is 4.28. The highest BCUT2D eigenvalue weighted by molar-refractivity contribution is 7.07. The van der Waals surface area contributed by atoms with Gasteiger partial charge in [-0.25, -0.2) is 4.98 Å². The first kappa shape index (κ1) is 10.6. The van der Waals surface area contributed by atoms with E-state index in [1.165, 1.54) is 11.3 Å². The summed E-state index contributed by atoms with van der Waals surface area (Å²) in [4.78, 5) is 17.8. The number of likely N-dealkylation sites (tertiary alicyclic amines) is 1. The number of nitrogens with two attached hydrogens (primary N) is 1. The van der Waals surface area contributed by atoms with Crippen LogP contribution in [0.1, 0.15) is 23.8 Å². The van der Waals surface area contributed by atoms with Crippen LogP contribution in [-0.4, -0.2) is 34.9 Å². The number of carbonyl (C=O) groups excluding carboxylic acids is 1. The van der Waals surface area contributed by atoms with Gasteiger partial charge >= 0.3 is 0 Å². The lowest BCUT2D eigenvalue weighted by atomic mass is 9.94. The molecule has 15 heavy (non-hydrogen) atoms. The molecule has 0 radical (unpaired) electrons. The molecule has 1 aliphatic heterocycles. The number of piperidine rings is 1. The van der Waals surface area contributed by atoms with Crippen LogP contribution in [0.3, 0.4) is 0 Å². The molecule has 1 aromatic rings. The van der Waals surface area contributed by atoms with Crippen LogP contribution in [0, 0.1) is 5.92 Å². The molecule has 2 rings (SSSR count). The van der Waals surface area contributed by atoms with E-state index in [0.29, 0.717) is 18.2 Å². The number of rotatable bonds is 1. The smallest absolute Gasteiger partial charge is 0.273 e. The molecule has 1 aliphatic rings. The molecule has 2 unspecified atom stereocenters. The summed E-state index contributed by atoms with van der Waals surface area (Å²) < 4.78 is 0. The van der Waals surface area contributed by atoms with Crippen LogP contribution in [0.15, 0.2) is 10.9 Å². The quantitative estimate of drug-likeness (QED) is 0.774. The minimum Gasteiger partial charge on any atom is -0.336 e. The average Bonchev–Trinajstić information content (AvgIpc) is 2.74. The van der Waals surface area contributed by atoms with Crippen LogP contribution in [0.2, 0.25) is 0 Å². The van der Waals surface area contributed by atoms with Crippen LogP contribution < -0.4 is 5.73 Å². The minimum atomic E-state index is 0.0126. The molecule has 1 amide bonds. The number of hydrogen-bond acceptors (Lipinski definition) is 4. The highest BCUT2D eigenvalue weighted by Gasteiger charge is 2.27. The summed E-state index contributed by atoms with van der Waals surface area (Å²) in [7, 11) is 0. The normalized spacial score (nSPS) is 26.7. The van der Waals surface area contributed by atoms with Crippen molar-refractivity contribution in [3.8, 4) is 0 Å². The van der Waals surface area contributed by atoms with Crippen molar-refractivity contribution in [2.24, 2.45) is 11.7 Å². The van der Waals surface area contributed by atoms with Crippen molar-refractivity contribution >= 4 is 17.2 Å². The zero-order valence-electron chi connectivity index (χ0n) is 8.72. The van der Waals surface area contributed by atoms with Gasteiger partial charge in [-0.15, -0.1) is 11.3 Å². The monoisotopic (exact) mass is 225 g/mol. The van der Waals surface area contributed by atoms with Crippen LogP contribution in [0.25, 0.3) is 0 Å². The van der Waals surface area contributed by atoms with Gasteiger partial charge in [-0.2, -0.15) is 0 Å². The molecule has 2 heterocycles. The van der Waals surface area contributed by atoms with E-state index in [-0.39, 0.29) is 11.9 Å². The number of carbonyl (C=O) groups is 1. The first-order chi connectivity index (χ1) is 7.18. The number of amides is 1. The zero-order valence-corrected chi connectivity index (χ0v) is 9.54. The van der Waals surface area contributed by atoms with Crippen molar-refractivity contribution in [3.05, 3.63) is 16.6 Å². The van der Waals surface area contributed by atoms with Gasteiger partial charge in [0.05, 0.1) is 5.51 Å². The predicted molar refractivity (Wildman–Crippen MR) is 59.8 cm³/mol. The number of thiazole rings is 1. The third-order valence-corrected chi connectivity index (χ3v) is 3.54. The Morgan fingerprint density at radius 2 is 2.53 bits per heavy atom. The van der Waals surface area contributed by atoms with Gasteiger partial charge in [0.15, 0.2) is 0 Å². The molecule has 1 aromatic heterocycles. The lowest BCUT2D eigenvalue weighted by Crippen LogP contribution is -2.49. The third kappa shape index (κ3) is 2.18. The van der Waals surface area contributed by atoms with Gasteiger partial charge in [0.2, 0.25) is 0 Å². The molecular weight excluding hydrogens is 210 g/mol. The summed E-state index contributed by atoms with van der Waals surface area (Å²) in [5.41, 5.74) is 8.17. The maximum atomic E-state index is 11.9. The Kier molecular flexibility index (Phi) is 3.02. The Morgan fingerprint density at radius 1 is 1.73 bits per heavy atom. The lowest BCUT2D eigenvalue weighted by molar-refractivity contribution is 0.0667. The fourth-order valence-electron chi connectivity index (χ4n) is 1.76. The summed E-state index contributed by atoms with van der Waals surface area (Å²) in [6.07, 6.45) is 0.983. The SMILES string of the molecule is CC1CCN(C(=O)c2cscn2)CC1N. The second-order valence-electron chi connectivity index (χ2n) is 4.05. The van der Waals surface area contributed by atoms with Gasteiger partial charge < -0.3 is 10.6 Å². The fraction of sp³-hybridized carbons (Fsp3) is 0.600. The molecule has 82 valence electrons. The zero-order chi connectivity index (χ0) is 10.8. The molecule has 1 fully saturated rings. The maximum Gasteiger partial charge on any atom is 0.273 e. The molecular formula is C10H15N3OS. The van der Waals surface area contributed by atoms with Gasteiger partial charge in [-0.1, -0.05) is 6.92 Å². The summed E-state index contributed by atoms with van der Waals surface area (Å²) in [6, 6.07) is 0.0985. The largest absolute Gasteiger partial charge is 0.336 e. The molecule has 5 heteroatoms. The van der Waals surface area contributed by atoms with Crippen molar-refractivity contribution < 1.29 is 4.79 Å². The van der Waals surface area contributed by atoms with E-state index in [1.807, 2.05) is 0 Å². The van der Waals surface area contributed by atoms with E-state index < -0.39 is 0 Å². The van der Waals surface area contributed by atoms with Crippen molar-refractivity contribution in [2.75, 3.05) is 13.1 Å². The number of hydrogen-bond donors (Lipinski definition) is 1. The van der Waals surface area contributed by atoms with Crippen LogP contribution in [0.4, 0.5) is 0 Å². The van der Waals surface area contributed by atoms with E-state index in [9.17, 15) is 4.79 Å². The standard InChI is InChI=1S/C10H15N3OS/c1-7-2-3-13(4-8(7)11)10(14)9-5-15-6-12-9/h5-8H,2-4,11H2,1H3. The van der Waals surface area contributed by atoms with Gasteiger partial charge in [-0.3, -0.25) is 4.79 Å². The molecule has 0 spiro atoms. The van der Waals surface area contributed by atoms with Gasteiger partial charge in [0.1, 0.15) is 5.69 Å². The van der Waals surface area contributed by atoms with E-state index in [4.69, 9.17) is 5.73 Å². The Morgan fingerprint density at radius 3 is 3.13 bits per heavy atom. The molecule has 0 aliphatic carbocycles. The minimum absolute atomic E-state index is 0.0126. The van der Waals surface area contributed by atoms with Crippen molar-refractivity contribution in [1.29, 1.82) is 0 Å². The topological polar surface area (TPSA) is 59.2 Å². The summed E-state index contributed by atoms with van der Waals surface area (Å²) in [6.45, 7) is 3.58. The Labute approximate surface area is 93.1 Å². The molecule has 0 bridgehead atoms. The fourth-order valence-corrected chi connectivity index (χ4v) is 2.29. The average molecular weight is 225 g/mol. The first-order valence-electron chi connectivity index (χ1n) is 5.11. The first-order valence-corrected chi connectivity index (χ1v) is 6.06. The molecule has 4 nitrogen and oxygen atoms in total. The Balaban J connectivity index is 2.03. The lowest BCUT2D eigenvalue weighted by Gasteiger charge is -2.34. The third-order valence-electron chi connectivity index (χ3n) is 2.96. The van der Waals surface area contributed by atoms with E-state index in [2.05, 4.69) is 11.9 Å². The highest BCUT2D eigenvalue weighted by Crippen LogP contribution is 2.17. The van der Waals surface area contributed by atoms with E-state index >= 15 is 0 Å². The predicted octanol–water partition coefficient (Wildman–Crippen LogP) is 0.952. The second-order valence-corrected chi connectivity index (χ2v) is 4.77. The summed E-state index contributed by atoms with van der Waals surface area (Å²) in [5.74, 6) is 0.517. The van der Waals surface area contributed by atoms with Crippen molar-refractivity contribution in [3.63, 3.8) is 0 Å². The van der Waals surface area contributed by atoms with E-state index in [0.717, 1.165) is 13.0 Å². The van der Waals surface area contributed by atoms with Crippen molar-refractivity contribution in [1.82, 2.24) is 9.88 Å². The van der Waals surface area contributed by atoms with E-state index in [1.54, 1.807) is 15.8 Å².